The molecule has 1 aliphatic heterocycles. The number of allylic oxidation sites excluding steroid dienone is 6. The van der Waals surface area contributed by atoms with Crippen LogP contribution in [0.25, 0.3) is 38.6 Å². The number of nitrogens with zero attached hydrogens (tertiary/aromatic N) is 2. The van der Waals surface area contributed by atoms with Crippen molar-refractivity contribution in [1.29, 1.82) is 0 Å². The smallest absolute Gasteiger partial charge is 0.0635 e. The lowest BCUT2D eigenvalue weighted by Gasteiger charge is -2.42. The second-order valence-corrected chi connectivity index (χ2v) is 18.3. The maximum atomic E-state index is 2.69. The number of anilines is 5. The Bertz CT molecular complexity index is 3460. The molecule has 0 N–H and O–H groups in total. The van der Waals surface area contributed by atoms with Crippen LogP contribution in [0.1, 0.15) is 40.2 Å². The summed E-state index contributed by atoms with van der Waals surface area (Å²) in [7, 11) is 0. The second-order valence-electron chi connectivity index (χ2n) is 18.3. The minimum absolute atomic E-state index is 0.0613. The summed E-state index contributed by atoms with van der Waals surface area (Å²) in [5.41, 5.74) is 18.5. The molecule has 2 heteroatoms. The molecule has 13 rings (SSSR count). The molecule has 4 atom stereocenters. The van der Waals surface area contributed by atoms with Crippen molar-refractivity contribution in [3.8, 4) is 22.3 Å². The van der Waals surface area contributed by atoms with Gasteiger partial charge >= 0.3 is 0 Å². The average Bonchev–Trinajstić information content (AvgIpc) is 3.91. The van der Waals surface area contributed by atoms with Gasteiger partial charge in [-0.05, 0) is 116 Å². The molecule has 1 heterocycles. The van der Waals surface area contributed by atoms with Gasteiger partial charge in [0.1, 0.15) is 0 Å². The van der Waals surface area contributed by atoms with E-state index >= 15 is 0 Å². The Morgan fingerprint density at radius 1 is 0.507 bits per heavy atom. The lowest BCUT2D eigenvalue weighted by molar-refractivity contribution is 0.457. The van der Waals surface area contributed by atoms with Gasteiger partial charge in [-0.3, -0.25) is 0 Å². The van der Waals surface area contributed by atoms with E-state index in [2.05, 4.69) is 271 Å². The second kappa shape index (κ2) is 16.0. The Morgan fingerprint density at radius 3 is 2.06 bits per heavy atom. The molecule has 0 amide bonds. The topological polar surface area (TPSA) is 6.48 Å². The van der Waals surface area contributed by atoms with Crippen molar-refractivity contribution in [2.75, 3.05) is 9.80 Å². The predicted octanol–water partition coefficient (Wildman–Crippen LogP) is 16.7. The highest BCUT2D eigenvalue weighted by atomic mass is 15.2. The first-order valence-corrected chi connectivity index (χ1v) is 23.7. The average molecular weight is 857 g/mol. The Hall–Kier alpha value is -8.20. The van der Waals surface area contributed by atoms with Gasteiger partial charge in [-0.2, -0.15) is 0 Å². The van der Waals surface area contributed by atoms with E-state index in [1.807, 2.05) is 0 Å². The Kier molecular flexibility index (Phi) is 9.39. The molecule has 4 unspecified atom stereocenters. The highest BCUT2D eigenvalue weighted by Crippen LogP contribution is 2.62. The van der Waals surface area contributed by atoms with E-state index in [-0.39, 0.29) is 17.9 Å². The lowest BCUT2D eigenvalue weighted by atomic mass is 9.62. The molecule has 318 valence electrons. The molecule has 3 aliphatic carbocycles. The van der Waals surface area contributed by atoms with Gasteiger partial charge in [0.25, 0.3) is 0 Å². The van der Waals surface area contributed by atoms with Crippen molar-refractivity contribution >= 4 is 44.8 Å². The third-order valence-electron chi connectivity index (χ3n) is 14.8. The summed E-state index contributed by atoms with van der Waals surface area (Å²) in [6.45, 7) is 0. The van der Waals surface area contributed by atoms with E-state index in [4.69, 9.17) is 0 Å². The third kappa shape index (κ3) is 6.24. The molecular weight excluding hydrogens is 809 g/mol. The van der Waals surface area contributed by atoms with Gasteiger partial charge < -0.3 is 9.80 Å². The zero-order chi connectivity index (χ0) is 44.3. The fourth-order valence-corrected chi connectivity index (χ4v) is 12.0. The van der Waals surface area contributed by atoms with Crippen LogP contribution in [0.2, 0.25) is 0 Å². The quantitative estimate of drug-likeness (QED) is 0.150. The Labute approximate surface area is 393 Å². The van der Waals surface area contributed by atoms with Crippen LogP contribution < -0.4 is 9.80 Å². The van der Waals surface area contributed by atoms with Gasteiger partial charge in [0.15, 0.2) is 0 Å². The van der Waals surface area contributed by atoms with Crippen molar-refractivity contribution in [2.24, 2.45) is 5.92 Å². The summed E-state index contributed by atoms with van der Waals surface area (Å²) in [6, 6.07) is 80.9. The fraction of sp³-hybridized carbons (Fsp3) is 0.0769. The Morgan fingerprint density at radius 2 is 1.19 bits per heavy atom. The summed E-state index contributed by atoms with van der Waals surface area (Å²) >= 11 is 0. The van der Waals surface area contributed by atoms with E-state index < -0.39 is 5.41 Å². The molecule has 0 aromatic heterocycles. The summed E-state index contributed by atoms with van der Waals surface area (Å²) in [4.78, 5) is 5.12. The molecule has 67 heavy (non-hydrogen) atoms. The van der Waals surface area contributed by atoms with E-state index in [0.29, 0.717) is 0 Å². The maximum absolute atomic E-state index is 2.69. The maximum Gasteiger partial charge on any atom is 0.0635 e. The van der Waals surface area contributed by atoms with Crippen molar-refractivity contribution in [1.82, 2.24) is 0 Å². The summed E-state index contributed by atoms with van der Waals surface area (Å²) in [5, 5.41) is 2.43. The minimum atomic E-state index is -0.395. The van der Waals surface area contributed by atoms with Gasteiger partial charge in [-0.15, -0.1) is 0 Å². The van der Waals surface area contributed by atoms with Crippen LogP contribution in [-0.2, 0) is 5.41 Å². The molecular formula is C65H48N2. The number of benzene rings is 9. The molecule has 0 saturated carbocycles. The molecule has 9 aromatic carbocycles. The van der Waals surface area contributed by atoms with Gasteiger partial charge in [-0.25, -0.2) is 0 Å². The van der Waals surface area contributed by atoms with Crippen LogP contribution in [0, 0.1) is 5.92 Å². The Balaban J connectivity index is 0.963. The molecule has 0 saturated heterocycles. The first-order chi connectivity index (χ1) is 33.3. The number of fused-ring (bicyclic) bond motifs is 7. The molecule has 2 nitrogen and oxygen atoms in total. The zero-order valence-corrected chi connectivity index (χ0v) is 37.2. The monoisotopic (exact) mass is 856 g/mol. The highest BCUT2D eigenvalue weighted by molar-refractivity contribution is 6.00. The van der Waals surface area contributed by atoms with E-state index in [1.54, 1.807) is 0 Å². The van der Waals surface area contributed by atoms with Gasteiger partial charge in [0.2, 0.25) is 0 Å². The van der Waals surface area contributed by atoms with E-state index in [1.165, 1.54) is 77.8 Å². The first-order valence-electron chi connectivity index (χ1n) is 23.7. The number of rotatable bonds is 8. The molecule has 0 radical (unpaired) electrons. The summed E-state index contributed by atoms with van der Waals surface area (Å²) < 4.78 is 0. The van der Waals surface area contributed by atoms with Crippen LogP contribution in [0.3, 0.4) is 0 Å². The number of para-hydroxylation sites is 1. The molecule has 4 aliphatic rings. The molecule has 0 fully saturated rings. The van der Waals surface area contributed by atoms with E-state index in [0.717, 1.165) is 23.5 Å². The van der Waals surface area contributed by atoms with Gasteiger partial charge in [-0.1, -0.05) is 218 Å². The zero-order valence-electron chi connectivity index (χ0n) is 37.2. The molecule has 0 bridgehead atoms. The van der Waals surface area contributed by atoms with Crippen LogP contribution in [0.4, 0.5) is 28.4 Å². The van der Waals surface area contributed by atoms with E-state index in [9.17, 15) is 0 Å². The first kappa shape index (κ1) is 39.2. The summed E-state index contributed by atoms with van der Waals surface area (Å²) in [5.74, 6) is 0.429. The van der Waals surface area contributed by atoms with Gasteiger partial charge in [0, 0.05) is 34.1 Å². The molecule has 9 aromatic rings. The van der Waals surface area contributed by atoms with Crippen molar-refractivity contribution in [3.05, 3.63) is 289 Å². The SMILES string of the molecule is C1=CCC(C2(c3ccccc3)c3ccccc3-c3cccc(N4c5ccccc5C5C=CC(c6cccc(N(c7ccc(-c8ccccc8)cc7)c7cccc8ccccc78)c6)=CC54)c32)C=C1. The van der Waals surface area contributed by atoms with Crippen LogP contribution in [0.5, 0.6) is 0 Å². The standard InChI is InChI=1S/C65H48N2/c1-4-19-45(20-5-1)46-37-40-52(41-38-46)66(60-35-17-22-47-21-10-11-29-54(47)60)53-28-16-23-48(43-53)49-39-42-57-56-31-13-15-34-61(56)67(63(57)44-49)62-36-18-32-58-55-30-12-14-33-59(55)65(64(58)62,50-24-6-2-7-25-50)51-26-8-3-9-27-51/h1-26,28-44,51,57,63H,27H2. The summed E-state index contributed by atoms with van der Waals surface area (Å²) in [6.07, 6.45) is 17.6. The lowest BCUT2D eigenvalue weighted by Crippen LogP contribution is -2.38. The minimum Gasteiger partial charge on any atom is -0.333 e. The van der Waals surface area contributed by atoms with Crippen molar-refractivity contribution in [2.45, 2.75) is 23.8 Å². The fourth-order valence-electron chi connectivity index (χ4n) is 12.0. The normalized spacial score (nSPS) is 19.7. The molecule has 0 spiro atoms. The van der Waals surface area contributed by atoms with Gasteiger partial charge in [0.05, 0.1) is 17.1 Å². The van der Waals surface area contributed by atoms with Crippen LogP contribution in [-0.4, -0.2) is 6.04 Å². The third-order valence-corrected chi connectivity index (χ3v) is 14.8. The highest BCUT2D eigenvalue weighted by Gasteiger charge is 2.52. The van der Waals surface area contributed by atoms with Crippen LogP contribution in [0.15, 0.2) is 261 Å². The largest absolute Gasteiger partial charge is 0.333 e. The number of hydrogen-bond acceptors (Lipinski definition) is 2. The number of hydrogen-bond donors (Lipinski definition) is 0. The van der Waals surface area contributed by atoms with Crippen molar-refractivity contribution < 1.29 is 0 Å². The van der Waals surface area contributed by atoms with Crippen molar-refractivity contribution in [3.63, 3.8) is 0 Å². The van der Waals surface area contributed by atoms with Crippen LogP contribution >= 0.6 is 0 Å². The predicted molar refractivity (Wildman–Crippen MR) is 281 cm³/mol.